The molecule has 1 atom stereocenters. The molecule has 31 heavy (non-hydrogen) atoms. The van der Waals surface area contributed by atoms with Crippen LogP contribution in [-0.2, 0) is 9.59 Å². The van der Waals surface area contributed by atoms with E-state index in [0.29, 0.717) is 27.8 Å². The summed E-state index contributed by atoms with van der Waals surface area (Å²) >= 11 is 13.4. The highest BCUT2D eigenvalue weighted by Crippen LogP contribution is 2.46. The molecule has 1 amide bonds. The van der Waals surface area contributed by atoms with Gasteiger partial charge in [0.2, 0.25) is 6.79 Å². The monoisotopic (exact) mass is 473 g/mol. The number of ether oxygens (including phenoxy) is 2. The number of fused-ring (bicyclic) bond motifs is 1. The van der Waals surface area contributed by atoms with Gasteiger partial charge in [0.25, 0.3) is 11.7 Å². The molecule has 6 nitrogen and oxygen atoms in total. The van der Waals surface area contributed by atoms with Gasteiger partial charge in [-0.05, 0) is 41.8 Å². The summed E-state index contributed by atoms with van der Waals surface area (Å²) < 4.78 is 10.8. The predicted octanol–water partition coefficient (Wildman–Crippen LogP) is 5.41. The van der Waals surface area contributed by atoms with Crippen molar-refractivity contribution in [3.05, 3.63) is 80.0 Å². The van der Waals surface area contributed by atoms with Gasteiger partial charge < -0.3 is 14.6 Å². The molecule has 3 aromatic rings. The summed E-state index contributed by atoms with van der Waals surface area (Å²) in [6.45, 7) is 0.0866. The third kappa shape index (κ3) is 3.26. The summed E-state index contributed by atoms with van der Waals surface area (Å²) in [5, 5.41) is 13.4. The van der Waals surface area contributed by atoms with Crippen LogP contribution in [0.5, 0.6) is 11.5 Å². The van der Waals surface area contributed by atoms with E-state index in [4.69, 9.17) is 32.7 Å². The zero-order valence-electron chi connectivity index (χ0n) is 15.7. The molecular formula is C22H13Cl2NO5S. The van der Waals surface area contributed by atoms with E-state index in [9.17, 15) is 14.7 Å². The summed E-state index contributed by atoms with van der Waals surface area (Å²) in [7, 11) is 0. The molecular weight excluding hydrogens is 461 g/mol. The molecule has 2 aliphatic rings. The topological polar surface area (TPSA) is 76.1 Å². The number of carbonyl (C=O) groups is 2. The largest absolute Gasteiger partial charge is 0.507 e. The van der Waals surface area contributed by atoms with Crippen LogP contribution >= 0.6 is 34.5 Å². The number of halogens is 2. The lowest BCUT2D eigenvalue weighted by Gasteiger charge is -2.24. The van der Waals surface area contributed by atoms with Crippen molar-refractivity contribution in [2.24, 2.45) is 0 Å². The number of thiophene rings is 1. The van der Waals surface area contributed by atoms with Gasteiger partial charge >= 0.3 is 0 Å². The van der Waals surface area contributed by atoms with Gasteiger partial charge in [-0.15, -0.1) is 11.3 Å². The highest BCUT2D eigenvalue weighted by molar-refractivity contribution is 7.10. The Kier molecular flexibility index (Phi) is 4.89. The molecule has 1 unspecified atom stereocenters. The third-order valence-electron chi connectivity index (χ3n) is 5.08. The molecule has 0 spiro atoms. The molecule has 1 aromatic heterocycles. The predicted molar refractivity (Wildman–Crippen MR) is 118 cm³/mol. The summed E-state index contributed by atoms with van der Waals surface area (Å²) in [4.78, 5) is 28.3. The second-order valence-corrected chi connectivity index (χ2v) is 8.64. The number of benzene rings is 2. The van der Waals surface area contributed by atoms with Crippen LogP contribution in [-0.4, -0.2) is 23.6 Å². The molecule has 0 aliphatic carbocycles. The Balaban J connectivity index is 1.69. The summed E-state index contributed by atoms with van der Waals surface area (Å²) in [5.41, 5.74) is 0.723. The molecule has 0 radical (unpaired) electrons. The molecule has 2 aromatic carbocycles. The minimum absolute atomic E-state index is 0.0245. The number of nitrogens with zero attached hydrogens (tertiary/aromatic N) is 1. The molecule has 1 saturated heterocycles. The minimum atomic E-state index is -0.810. The Labute approximate surface area is 190 Å². The van der Waals surface area contributed by atoms with Gasteiger partial charge in [0.15, 0.2) is 11.5 Å². The number of anilines is 1. The third-order valence-corrected chi connectivity index (χ3v) is 6.75. The Morgan fingerprint density at radius 3 is 2.58 bits per heavy atom. The quantitative estimate of drug-likeness (QED) is 0.312. The van der Waals surface area contributed by atoms with Crippen LogP contribution in [0.25, 0.3) is 5.76 Å². The Hall–Kier alpha value is -3.00. The van der Waals surface area contributed by atoms with Crippen molar-refractivity contribution in [3.8, 4) is 11.5 Å². The van der Waals surface area contributed by atoms with E-state index in [2.05, 4.69) is 0 Å². The average Bonchev–Trinajstić information content (AvgIpc) is 3.50. The Morgan fingerprint density at radius 1 is 1.03 bits per heavy atom. The number of aliphatic hydroxyl groups excluding tert-OH is 1. The lowest BCUT2D eigenvalue weighted by atomic mass is 9.99. The Morgan fingerprint density at radius 2 is 1.84 bits per heavy atom. The van der Waals surface area contributed by atoms with Crippen molar-refractivity contribution in [1.29, 1.82) is 0 Å². The highest BCUT2D eigenvalue weighted by Gasteiger charge is 2.47. The second kappa shape index (κ2) is 7.60. The second-order valence-electron chi connectivity index (χ2n) is 6.85. The van der Waals surface area contributed by atoms with Crippen molar-refractivity contribution < 1.29 is 24.2 Å². The zero-order valence-corrected chi connectivity index (χ0v) is 18.0. The molecule has 1 N–H and O–H groups in total. The van der Waals surface area contributed by atoms with Gasteiger partial charge in [0.1, 0.15) is 11.8 Å². The maximum absolute atomic E-state index is 13.1. The minimum Gasteiger partial charge on any atom is -0.507 e. The van der Waals surface area contributed by atoms with Crippen molar-refractivity contribution >= 4 is 57.7 Å². The van der Waals surface area contributed by atoms with Crippen molar-refractivity contribution in [2.75, 3.05) is 11.7 Å². The van der Waals surface area contributed by atoms with E-state index in [0.717, 1.165) is 4.88 Å². The molecule has 1 fully saturated rings. The van der Waals surface area contributed by atoms with Crippen molar-refractivity contribution in [3.63, 3.8) is 0 Å². The average molecular weight is 474 g/mol. The van der Waals surface area contributed by atoms with E-state index in [-0.39, 0.29) is 23.1 Å². The van der Waals surface area contributed by atoms with Crippen LogP contribution < -0.4 is 14.4 Å². The van der Waals surface area contributed by atoms with Crippen LogP contribution in [0.1, 0.15) is 16.5 Å². The maximum atomic E-state index is 13.1. The number of hydrogen-bond donors (Lipinski definition) is 1. The smallest absolute Gasteiger partial charge is 0.300 e. The number of rotatable bonds is 3. The molecule has 3 heterocycles. The summed E-state index contributed by atoms with van der Waals surface area (Å²) in [5.74, 6) is -0.824. The Bertz CT molecular complexity index is 1250. The van der Waals surface area contributed by atoms with Crippen LogP contribution in [0, 0.1) is 0 Å². The fourth-order valence-corrected chi connectivity index (χ4v) is 4.77. The molecule has 2 aliphatic heterocycles. The molecule has 5 rings (SSSR count). The zero-order chi connectivity index (χ0) is 21.7. The number of Topliss-reactive ketones (excluding diaryl/α,β-unsaturated/α-hetero) is 1. The number of hydrogen-bond acceptors (Lipinski definition) is 6. The standard InChI is InChI=1S/C22H13Cl2NO5S/c23-13-5-3-11(8-14(13)24)20(26)18-19(17-2-1-7-31-17)25(22(28)21(18)27)12-4-6-15-16(9-12)30-10-29-15/h1-9,19,26H,10H2/b20-18-. The number of amides is 1. The summed E-state index contributed by atoms with van der Waals surface area (Å²) in [6.07, 6.45) is 0. The fourth-order valence-electron chi connectivity index (χ4n) is 3.65. The first-order valence-corrected chi connectivity index (χ1v) is 10.8. The maximum Gasteiger partial charge on any atom is 0.300 e. The van der Waals surface area contributed by atoms with Gasteiger partial charge in [0, 0.05) is 22.2 Å². The van der Waals surface area contributed by atoms with Crippen LogP contribution in [0.2, 0.25) is 10.0 Å². The van der Waals surface area contributed by atoms with Crippen molar-refractivity contribution in [1.82, 2.24) is 0 Å². The van der Waals surface area contributed by atoms with Gasteiger partial charge in [-0.2, -0.15) is 0 Å². The summed E-state index contributed by atoms with van der Waals surface area (Å²) in [6, 6.07) is 12.3. The van der Waals surface area contributed by atoms with Crippen LogP contribution in [0.3, 0.4) is 0 Å². The molecule has 0 bridgehead atoms. The normalized spacial score (nSPS) is 19.3. The molecule has 9 heteroatoms. The van der Waals surface area contributed by atoms with Crippen molar-refractivity contribution in [2.45, 2.75) is 6.04 Å². The van der Waals surface area contributed by atoms with Gasteiger partial charge in [-0.3, -0.25) is 14.5 Å². The number of carbonyl (C=O) groups excluding carboxylic acids is 2. The van der Waals surface area contributed by atoms with E-state index < -0.39 is 17.7 Å². The first-order chi connectivity index (χ1) is 15.0. The first kappa shape index (κ1) is 19.9. The lowest BCUT2D eigenvalue weighted by Crippen LogP contribution is -2.29. The van der Waals surface area contributed by atoms with Crippen LogP contribution in [0.15, 0.2) is 59.5 Å². The highest BCUT2D eigenvalue weighted by atomic mass is 35.5. The lowest BCUT2D eigenvalue weighted by molar-refractivity contribution is -0.132. The van der Waals surface area contributed by atoms with Crippen LogP contribution in [0.4, 0.5) is 5.69 Å². The first-order valence-electron chi connectivity index (χ1n) is 9.15. The van der Waals surface area contributed by atoms with E-state index in [1.165, 1.54) is 28.4 Å². The number of aliphatic hydroxyl groups is 1. The van der Waals surface area contributed by atoms with Gasteiger partial charge in [0.05, 0.1) is 15.6 Å². The SMILES string of the molecule is O=C1C(=O)N(c2ccc3c(c2)OCO3)C(c2cccs2)/C1=C(/O)c1ccc(Cl)c(Cl)c1. The van der Waals surface area contributed by atoms with E-state index in [1.807, 2.05) is 17.5 Å². The molecule has 156 valence electrons. The molecule has 0 saturated carbocycles. The fraction of sp³-hybridized carbons (Fsp3) is 0.0909. The number of ketones is 1. The van der Waals surface area contributed by atoms with E-state index >= 15 is 0 Å². The van der Waals surface area contributed by atoms with E-state index in [1.54, 1.807) is 24.3 Å². The van der Waals surface area contributed by atoms with Gasteiger partial charge in [-0.25, -0.2) is 0 Å². The van der Waals surface area contributed by atoms with Gasteiger partial charge in [-0.1, -0.05) is 29.3 Å².